The Morgan fingerprint density at radius 2 is 2.12 bits per heavy atom. The molecule has 0 aliphatic carbocycles. The van der Waals surface area contributed by atoms with E-state index in [1.54, 1.807) is 0 Å². The number of anilines is 2. The first-order valence-corrected chi connectivity index (χ1v) is 6.10. The van der Waals surface area contributed by atoms with Crippen LogP contribution < -0.4 is 9.80 Å². The highest BCUT2D eigenvalue weighted by atomic mass is 15.3. The van der Waals surface area contributed by atoms with Gasteiger partial charge in [0.25, 0.3) is 0 Å². The van der Waals surface area contributed by atoms with Crippen LogP contribution in [-0.4, -0.2) is 36.6 Å². The van der Waals surface area contributed by atoms with Crippen LogP contribution in [0.1, 0.15) is 26.2 Å². The molecule has 0 radical (unpaired) electrons. The monoisotopic (exact) mass is 220 g/mol. The summed E-state index contributed by atoms with van der Waals surface area (Å²) in [6.07, 6.45) is 5.55. The van der Waals surface area contributed by atoms with Crippen molar-refractivity contribution in [1.82, 2.24) is 9.97 Å². The largest absolute Gasteiger partial charge is 0.356 e. The van der Waals surface area contributed by atoms with Gasteiger partial charge < -0.3 is 9.80 Å². The first-order chi connectivity index (χ1) is 7.81. The molecule has 1 aromatic heterocycles. The van der Waals surface area contributed by atoms with E-state index in [1.807, 2.05) is 19.3 Å². The lowest BCUT2D eigenvalue weighted by Crippen LogP contribution is -2.23. The summed E-state index contributed by atoms with van der Waals surface area (Å²) in [5.74, 6) is 1.91. The second-order valence-corrected chi connectivity index (χ2v) is 4.33. The molecule has 0 bridgehead atoms. The molecular weight excluding hydrogens is 200 g/mol. The van der Waals surface area contributed by atoms with E-state index in [-0.39, 0.29) is 0 Å². The van der Waals surface area contributed by atoms with Crippen LogP contribution in [0.3, 0.4) is 0 Å². The number of hydrogen-bond acceptors (Lipinski definition) is 4. The zero-order valence-corrected chi connectivity index (χ0v) is 10.2. The summed E-state index contributed by atoms with van der Waals surface area (Å²) in [6.45, 7) is 5.44. The van der Waals surface area contributed by atoms with E-state index in [4.69, 9.17) is 0 Å². The van der Waals surface area contributed by atoms with Gasteiger partial charge in [0.2, 0.25) is 5.95 Å². The third kappa shape index (κ3) is 2.43. The number of hydrogen-bond donors (Lipinski definition) is 0. The quantitative estimate of drug-likeness (QED) is 0.776. The predicted octanol–water partition coefficient (Wildman–Crippen LogP) is 1.92. The van der Waals surface area contributed by atoms with Gasteiger partial charge in [-0.1, -0.05) is 6.92 Å². The van der Waals surface area contributed by atoms with Crippen molar-refractivity contribution in [2.24, 2.45) is 0 Å². The van der Waals surface area contributed by atoms with Crippen molar-refractivity contribution < 1.29 is 0 Å². The first kappa shape index (κ1) is 11.2. The van der Waals surface area contributed by atoms with Gasteiger partial charge in [0.1, 0.15) is 5.82 Å². The van der Waals surface area contributed by atoms with E-state index in [0.717, 1.165) is 37.8 Å². The highest BCUT2D eigenvalue weighted by Gasteiger charge is 2.14. The zero-order chi connectivity index (χ0) is 11.4. The Hall–Kier alpha value is -1.32. The van der Waals surface area contributed by atoms with Gasteiger partial charge in [-0.05, 0) is 25.3 Å². The normalized spacial score (nSPS) is 15.5. The molecule has 88 valence electrons. The molecule has 0 N–H and O–H groups in total. The molecule has 4 nitrogen and oxygen atoms in total. The summed E-state index contributed by atoms with van der Waals surface area (Å²) in [5, 5.41) is 0. The molecular formula is C12H20N4. The van der Waals surface area contributed by atoms with E-state index in [0.29, 0.717) is 0 Å². The standard InChI is InChI=1S/C12H20N4/c1-3-8-15(2)12-13-7-6-11(14-12)16-9-4-5-10-16/h6-7H,3-5,8-10H2,1-2H3. The maximum atomic E-state index is 4.61. The van der Waals surface area contributed by atoms with E-state index in [9.17, 15) is 0 Å². The van der Waals surface area contributed by atoms with E-state index >= 15 is 0 Å². The van der Waals surface area contributed by atoms with Crippen LogP contribution in [0.15, 0.2) is 12.3 Å². The molecule has 1 aliphatic heterocycles. The Morgan fingerprint density at radius 3 is 2.81 bits per heavy atom. The molecule has 1 fully saturated rings. The van der Waals surface area contributed by atoms with Crippen LogP contribution in [0.25, 0.3) is 0 Å². The third-order valence-corrected chi connectivity index (χ3v) is 2.96. The van der Waals surface area contributed by atoms with Crippen molar-refractivity contribution in [3.8, 4) is 0 Å². The smallest absolute Gasteiger partial charge is 0.226 e. The molecule has 0 saturated carbocycles. The molecule has 2 heterocycles. The molecule has 0 amide bonds. The van der Waals surface area contributed by atoms with Crippen LogP contribution >= 0.6 is 0 Å². The average molecular weight is 220 g/mol. The fourth-order valence-electron chi connectivity index (χ4n) is 2.08. The van der Waals surface area contributed by atoms with Crippen LogP contribution in [0.2, 0.25) is 0 Å². The van der Waals surface area contributed by atoms with Gasteiger partial charge in [-0.15, -0.1) is 0 Å². The van der Waals surface area contributed by atoms with Gasteiger partial charge in [-0.25, -0.2) is 4.98 Å². The lowest BCUT2D eigenvalue weighted by molar-refractivity contribution is 0.812. The molecule has 0 unspecified atom stereocenters. The van der Waals surface area contributed by atoms with E-state index in [1.165, 1.54) is 12.8 Å². The Balaban J connectivity index is 2.12. The third-order valence-electron chi connectivity index (χ3n) is 2.96. The summed E-state index contributed by atoms with van der Waals surface area (Å²) < 4.78 is 0. The van der Waals surface area contributed by atoms with Gasteiger partial charge >= 0.3 is 0 Å². The molecule has 4 heteroatoms. The van der Waals surface area contributed by atoms with Crippen LogP contribution in [-0.2, 0) is 0 Å². The Labute approximate surface area is 97.3 Å². The number of nitrogens with zero attached hydrogens (tertiary/aromatic N) is 4. The molecule has 0 spiro atoms. The average Bonchev–Trinajstić information content (AvgIpc) is 2.83. The van der Waals surface area contributed by atoms with Crippen LogP contribution in [0, 0.1) is 0 Å². The molecule has 1 aliphatic rings. The van der Waals surface area contributed by atoms with Gasteiger partial charge in [0.05, 0.1) is 0 Å². The van der Waals surface area contributed by atoms with E-state index < -0.39 is 0 Å². The second-order valence-electron chi connectivity index (χ2n) is 4.33. The Morgan fingerprint density at radius 1 is 1.38 bits per heavy atom. The maximum Gasteiger partial charge on any atom is 0.226 e. The van der Waals surface area contributed by atoms with Crippen molar-refractivity contribution in [2.75, 3.05) is 36.5 Å². The molecule has 0 aromatic carbocycles. The van der Waals surface area contributed by atoms with E-state index in [2.05, 4.69) is 26.7 Å². The zero-order valence-electron chi connectivity index (χ0n) is 10.2. The molecule has 2 rings (SSSR count). The Bertz CT molecular complexity index is 334. The molecule has 16 heavy (non-hydrogen) atoms. The lowest BCUT2D eigenvalue weighted by atomic mass is 10.4. The Kier molecular flexibility index (Phi) is 3.59. The van der Waals surface area contributed by atoms with Crippen molar-refractivity contribution in [3.05, 3.63) is 12.3 Å². The summed E-state index contributed by atoms with van der Waals surface area (Å²) in [5.41, 5.74) is 0. The fourth-order valence-corrected chi connectivity index (χ4v) is 2.08. The SMILES string of the molecule is CCCN(C)c1nccc(N2CCCC2)n1. The molecule has 1 aromatic rings. The summed E-state index contributed by atoms with van der Waals surface area (Å²) in [6, 6.07) is 2.01. The van der Waals surface area contributed by atoms with Crippen LogP contribution in [0.4, 0.5) is 11.8 Å². The van der Waals surface area contributed by atoms with Crippen LogP contribution in [0.5, 0.6) is 0 Å². The van der Waals surface area contributed by atoms with Crippen molar-refractivity contribution in [1.29, 1.82) is 0 Å². The van der Waals surface area contributed by atoms with Crippen molar-refractivity contribution in [2.45, 2.75) is 26.2 Å². The number of aromatic nitrogens is 2. The fraction of sp³-hybridized carbons (Fsp3) is 0.667. The lowest BCUT2D eigenvalue weighted by Gasteiger charge is -2.20. The van der Waals surface area contributed by atoms with Gasteiger partial charge in [-0.2, -0.15) is 4.98 Å². The molecule has 0 atom stereocenters. The van der Waals surface area contributed by atoms with Crippen molar-refractivity contribution in [3.63, 3.8) is 0 Å². The maximum absolute atomic E-state index is 4.61. The summed E-state index contributed by atoms with van der Waals surface area (Å²) >= 11 is 0. The minimum absolute atomic E-state index is 0.839. The highest BCUT2D eigenvalue weighted by Crippen LogP contribution is 2.19. The minimum atomic E-state index is 0.839. The van der Waals surface area contributed by atoms with Gasteiger partial charge in [-0.3, -0.25) is 0 Å². The molecule has 1 saturated heterocycles. The predicted molar refractivity (Wildman–Crippen MR) is 67.0 cm³/mol. The topological polar surface area (TPSA) is 32.3 Å². The van der Waals surface area contributed by atoms with Crippen molar-refractivity contribution >= 4 is 11.8 Å². The van der Waals surface area contributed by atoms with Gasteiger partial charge in [0.15, 0.2) is 0 Å². The summed E-state index contributed by atoms with van der Waals surface area (Å²) in [7, 11) is 2.05. The van der Waals surface area contributed by atoms with Gasteiger partial charge in [0, 0.05) is 32.9 Å². The summed E-state index contributed by atoms with van der Waals surface area (Å²) in [4.78, 5) is 13.4. The first-order valence-electron chi connectivity index (χ1n) is 6.10. The number of rotatable bonds is 4. The second kappa shape index (κ2) is 5.14. The minimum Gasteiger partial charge on any atom is -0.356 e. The highest BCUT2D eigenvalue weighted by molar-refractivity contribution is 5.43.